The van der Waals surface area contributed by atoms with Crippen molar-refractivity contribution in [3.8, 4) is 0 Å². The molecule has 1 aliphatic heterocycles. The second kappa shape index (κ2) is 6.57. The topological polar surface area (TPSA) is 41.6 Å². The Kier molecular flexibility index (Phi) is 4.80. The molecule has 0 radical (unpaired) electrons. The quantitative estimate of drug-likeness (QED) is 0.906. The first-order valence-electron chi connectivity index (χ1n) is 6.88. The van der Waals surface area contributed by atoms with Crippen molar-refractivity contribution >= 4 is 11.7 Å². The van der Waals surface area contributed by atoms with E-state index in [0.717, 1.165) is 43.9 Å². The van der Waals surface area contributed by atoms with Gasteiger partial charge < -0.3 is 15.0 Å². The molecule has 1 N–H and O–H groups in total. The maximum atomic E-state index is 12.1. The van der Waals surface area contributed by atoms with Crippen LogP contribution in [0.3, 0.4) is 0 Å². The van der Waals surface area contributed by atoms with Crippen molar-refractivity contribution in [1.82, 2.24) is 4.90 Å². The molecule has 19 heavy (non-hydrogen) atoms. The van der Waals surface area contributed by atoms with Crippen molar-refractivity contribution in [1.29, 1.82) is 0 Å². The van der Waals surface area contributed by atoms with Crippen LogP contribution in [0.5, 0.6) is 0 Å². The van der Waals surface area contributed by atoms with Crippen LogP contribution in [0.15, 0.2) is 24.3 Å². The molecule has 0 aromatic heterocycles. The van der Waals surface area contributed by atoms with E-state index in [4.69, 9.17) is 4.74 Å². The van der Waals surface area contributed by atoms with Gasteiger partial charge in [-0.3, -0.25) is 0 Å². The van der Waals surface area contributed by atoms with Crippen molar-refractivity contribution in [3.05, 3.63) is 29.8 Å². The van der Waals surface area contributed by atoms with Crippen molar-refractivity contribution in [3.63, 3.8) is 0 Å². The number of urea groups is 1. The van der Waals surface area contributed by atoms with Crippen LogP contribution in [0.1, 0.15) is 18.9 Å². The molecule has 1 heterocycles. The largest absolute Gasteiger partial charge is 0.381 e. The predicted molar refractivity (Wildman–Crippen MR) is 76.4 cm³/mol. The Bertz CT molecular complexity index is 428. The molecule has 1 aromatic carbocycles. The third-order valence-corrected chi connectivity index (χ3v) is 3.54. The van der Waals surface area contributed by atoms with Crippen molar-refractivity contribution < 1.29 is 9.53 Å². The molecule has 0 bridgehead atoms. The Morgan fingerprint density at radius 1 is 1.47 bits per heavy atom. The lowest BCUT2D eigenvalue weighted by Gasteiger charge is -2.21. The fourth-order valence-corrected chi connectivity index (χ4v) is 2.36. The monoisotopic (exact) mass is 262 g/mol. The highest BCUT2D eigenvalue weighted by atomic mass is 16.5. The number of rotatable bonds is 4. The zero-order valence-corrected chi connectivity index (χ0v) is 11.7. The third kappa shape index (κ3) is 3.70. The van der Waals surface area contributed by atoms with Gasteiger partial charge in [-0.15, -0.1) is 0 Å². The SMILES string of the molecule is CCc1ccccc1NC(=O)N(C)CC1CCOC1. The summed E-state index contributed by atoms with van der Waals surface area (Å²) in [5.41, 5.74) is 2.07. The number of carbonyl (C=O) groups excluding carboxylic acids is 1. The summed E-state index contributed by atoms with van der Waals surface area (Å²) in [6.07, 6.45) is 1.96. The minimum Gasteiger partial charge on any atom is -0.381 e. The molecule has 1 aliphatic rings. The molecule has 4 nitrogen and oxygen atoms in total. The molecule has 1 saturated heterocycles. The summed E-state index contributed by atoms with van der Waals surface area (Å²) in [6.45, 7) is 4.42. The van der Waals surface area contributed by atoms with Crippen LogP contribution >= 0.6 is 0 Å². The van der Waals surface area contributed by atoms with E-state index < -0.39 is 0 Å². The van der Waals surface area contributed by atoms with E-state index >= 15 is 0 Å². The van der Waals surface area contributed by atoms with E-state index in [2.05, 4.69) is 12.2 Å². The van der Waals surface area contributed by atoms with Gasteiger partial charge in [0.15, 0.2) is 0 Å². The van der Waals surface area contributed by atoms with Crippen LogP contribution in [-0.2, 0) is 11.2 Å². The fraction of sp³-hybridized carbons (Fsp3) is 0.533. The molecule has 4 heteroatoms. The third-order valence-electron chi connectivity index (χ3n) is 3.54. The van der Waals surface area contributed by atoms with Gasteiger partial charge in [0.05, 0.1) is 6.61 Å². The van der Waals surface area contributed by atoms with Crippen molar-refractivity contribution in [2.45, 2.75) is 19.8 Å². The molecule has 104 valence electrons. The van der Waals surface area contributed by atoms with Crippen LogP contribution in [0.2, 0.25) is 0 Å². The summed E-state index contributed by atoms with van der Waals surface area (Å²) in [5, 5.41) is 2.98. The lowest BCUT2D eigenvalue weighted by atomic mass is 10.1. The number of ether oxygens (including phenoxy) is 1. The first kappa shape index (κ1) is 13.9. The Morgan fingerprint density at radius 3 is 2.95 bits per heavy atom. The molecule has 1 aromatic rings. The highest BCUT2D eigenvalue weighted by Gasteiger charge is 2.20. The summed E-state index contributed by atoms with van der Waals surface area (Å²) in [6, 6.07) is 7.88. The predicted octanol–water partition coefficient (Wildman–Crippen LogP) is 2.75. The smallest absolute Gasteiger partial charge is 0.321 e. The fourth-order valence-electron chi connectivity index (χ4n) is 2.36. The van der Waals surface area contributed by atoms with Crippen LogP contribution < -0.4 is 5.32 Å². The normalized spacial score (nSPS) is 18.3. The number of carbonyl (C=O) groups is 1. The molecule has 1 fully saturated rings. The molecular weight excluding hydrogens is 240 g/mol. The molecule has 0 aliphatic carbocycles. The van der Waals surface area contributed by atoms with Crippen molar-refractivity contribution in [2.24, 2.45) is 5.92 Å². The van der Waals surface area contributed by atoms with Crippen LogP contribution in [0.4, 0.5) is 10.5 Å². The van der Waals surface area contributed by atoms with Gasteiger partial charge in [-0.2, -0.15) is 0 Å². The number of amides is 2. The lowest BCUT2D eigenvalue weighted by Crippen LogP contribution is -2.35. The summed E-state index contributed by atoms with van der Waals surface area (Å²) in [4.78, 5) is 13.9. The van der Waals surface area contributed by atoms with E-state index in [9.17, 15) is 4.79 Å². The van der Waals surface area contributed by atoms with E-state index in [1.54, 1.807) is 4.90 Å². The first-order chi connectivity index (χ1) is 9.20. The van der Waals surface area contributed by atoms with Crippen LogP contribution in [0, 0.1) is 5.92 Å². The maximum absolute atomic E-state index is 12.1. The Balaban J connectivity index is 1.92. The Morgan fingerprint density at radius 2 is 2.26 bits per heavy atom. The molecule has 2 amide bonds. The van der Waals surface area contributed by atoms with E-state index in [-0.39, 0.29) is 6.03 Å². The second-order valence-electron chi connectivity index (χ2n) is 5.05. The molecule has 0 saturated carbocycles. The van der Waals surface area contributed by atoms with Crippen LogP contribution in [0.25, 0.3) is 0 Å². The number of hydrogen-bond donors (Lipinski definition) is 1. The van der Waals surface area contributed by atoms with Gasteiger partial charge in [-0.05, 0) is 24.5 Å². The second-order valence-corrected chi connectivity index (χ2v) is 5.05. The van der Waals surface area contributed by atoms with Gasteiger partial charge in [0, 0.05) is 31.8 Å². The molecule has 2 rings (SSSR count). The number of nitrogens with zero attached hydrogens (tertiary/aromatic N) is 1. The summed E-state index contributed by atoms with van der Waals surface area (Å²) >= 11 is 0. The number of hydrogen-bond acceptors (Lipinski definition) is 2. The molecule has 1 unspecified atom stereocenters. The summed E-state index contributed by atoms with van der Waals surface area (Å²) in [7, 11) is 1.84. The number of anilines is 1. The summed E-state index contributed by atoms with van der Waals surface area (Å²) in [5.74, 6) is 0.470. The minimum absolute atomic E-state index is 0.0483. The van der Waals surface area contributed by atoms with Gasteiger partial charge in [-0.1, -0.05) is 25.1 Å². The Hall–Kier alpha value is -1.55. The average Bonchev–Trinajstić information content (AvgIpc) is 2.92. The molecule has 0 spiro atoms. The maximum Gasteiger partial charge on any atom is 0.321 e. The van der Waals surface area contributed by atoms with Gasteiger partial charge in [0.25, 0.3) is 0 Å². The van der Waals surface area contributed by atoms with Gasteiger partial charge >= 0.3 is 6.03 Å². The van der Waals surface area contributed by atoms with Crippen LogP contribution in [-0.4, -0.2) is 37.7 Å². The number of benzene rings is 1. The standard InChI is InChI=1S/C15H22N2O2/c1-3-13-6-4-5-7-14(13)16-15(18)17(2)10-12-8-9-19-11-12/h4-7,12H,3,8-11H2,1-2H3,(H,16,18). The summed E-state index contributed by atoms with van der Waals surface area (Å²) < 4.78 is 5.33. The average molecular weight is 262 g/mol. The van der Waals surface area contributed by atoms with Gasteiger partial charge in [0.2, 0.25) is 0 Å². The number of nitrogens with one attached hydrogen (secondary N) is 1. The highest BCUT2D eigenvalue weighted by Crippen LogP contribution is 2.17. The molecular formula is C15H22N2O2. The van der Waals surface area contributed by atoms with Gasteiger partial charge in [0.1, 0.15) is 0 Å². The van der Waals surface area contributed by atoms with E-state index in [1.165, 1.54) is 0 Å². The van der Waals surface area contributed by atoms with E-state index in [1.807, 2.05) is 31.3 Å². The van der Waals surface area contributed by atoms with E-state index in [0.29, 0.717) is 5.92 Å². The zero-order chi connectivity index (χ0) is 13.7. The zero-order valence-electron chi connectivity index (χ0n) is 11.7. The Labute approximate surface area is 114 Å². The first-order valence-corrected chi connectivity index (χ1v) is 6.88. The van der Waals surface area contributed by atoms with Gasteiger partial charge in [-0.25, -0.2) is 4.79 Å². The highest BCUT2D eigenvalue weighted by molar-refractivity contribution is 5.90. The number of para-hydroxylation sites is 1. The minimum atomic E-state index is -0.0483. The number of aryl methyl sites for hydroxylation is 1. The van der Waals surface area contributed by atoms with Crippen molar-refractivity contribution in [2.75, 3.05) is 32.1 Å². The lowest BCUT2D eigenvalue weighted by molar-refractivity contribution is 0.175. The molecule has 1 atom stereocenters.